The second kappa shape index (κ2) is 6.48. The maximum atomic E-state index is 5.31. The Morgan fingerprint density at radius 3 is 2.78 bits per heavy atom. The van der Waals surface area contributed by atoms with E-state index >= 15 is 0 Å². The van der Waals surface area contributed by atoms with Crippen molar-refractivity contribution in [2.75, 3.05) is 12.4 Å². The largest absolute Gasteiger partial charge is 0.480 e. The minimum atomic E-state index is 0.588. The van der Waals surface area contributed by atoms with Crippen LogP contribution in [0.25, 0.3) is 11.3 Å². The van der Waals surface area contributed by atoms with Crippen molar-refractivity contribution in [2.24, 2.45) is 7.05 Å². The SMILES string of the molecule is COc1ncc(C)cc1NCc1cn(C)nc1-c1ccncc1. The van der Waals surface area contributed by atoms with Crippen LogP contribution in [0.5, 0.6) is 5.88 Å². The predicted octanol–water partition coefficient (Wildman–Crippen LogP) is 2.81. The summed E-state index contributed by atoms with van der Waals surface area (Å²) in [5.41, 5.74) is 5.04. The molecule has 0 bridgehead atoms. The first-order valence-electron chi connectivity index (χ1n) is 7.35. The Morgan fingerprint density at radius 2 is 2.04 bits per heavy atom. The standard InChI is InChI=1S/C17H19N5O/c1-12-8-15(17(23-3)20-9-12)19-10-14-11-22(2)21-16(14)13-4-6-18-7-5-13/h4-9,11,19H,10H2,1-3H3. The molecule has 6 nitrogen and oxygen atoms in total. The summed E-state index contributed by atoms with van der Waals surface area (Å²) in [6.45, 7) is 2.64. The molecule has 0 saturated heterocycles. The zero-order valence-electron chi connectivity index (χ0n) is 13.4. The van der Waals surface area contributed by atoms with Gasteiger partial charge in [-0.2, -0.15) is 5.10 Å². The topological polar surface area (TPSA) is 64.9 Å². The summed E-state index contributed by atoms with van der Waals surface area (Å²) in [6, 6.07) is 5.94. The van der Waals surface area contributed by atoms with Crippen LogP contribution in [-0.4, -0.2) is 26.9 Å². The van der Waals surface area contributed by atoms with E-state index in [0.29, 0.717) is 12.4 Å². The Balaban J connectivity index is 1.86. The van der Waals surface area contributed by atoms with Gasteiger partial charge in [-0.1, -0.05) is 0 Å². The highest BCUT2D eigenvalue weighted by atomic mass is 16.5. The monoisotopic (exact) mass is 309 g/mol. The van der Waals surface area contributed by atoms with E-state index in [1.807, 2.05) is 43.0 Å². The van der Waals surface area contributed by atoms with Crippen LogP contribution in [-0.2, 0) is 13.6 Å². The van der Waals surface area contributed by atoms with E-state index in [4.69, 9.17) is 4.74 Å². The second-order valence-electron chi connectivity index (χ2n) is 5.34. The van der Waals surface area contributed by atoms with Gasteiger partial charge in [0.25, 0.3) is 0 Å². The molecular weight excluding hydrogens is 290 g/mol. The van der Waals surface area contributed by atoms with Crippen molar-refractivity contribution < 1.29 is 4.74 Å². The van der Waals surface area contributed by atoms with Crippen molar-refractivity contribution >= 4 is 5.69 Å². The van der Waals surface area contributed by atoms with Crippen molar-refractivity contribution in [2.45, 2.75) is 13.5 Å². The number of hydrogen-bond acceptors (Lipinski definition) is 5. The molecule has 0 saturated carbocycles. The van der Waals surface area contributed by atoms with E-state index in [2.05, 4.69) is 20.4 Å². The number of nitrogens with zero attached hydrogens (tertiary/aromatic N) is 4. The van der Waals surface area contributed by atoms with E-state index in [9.17, 15) is 0 Å². The third-order valence-electron chi connectivity index (χ3n) is 3.51. The normalized spacial score (nSPS) is 10.6. The number of pyridine rings is 2. The summed E-state index contributed by atoms with van der Waals surface area (Å²) in [5, 5.41) is 7.94. The molecule has 0 aliphatic carbocycles. The molecular formula is C17H19N5O. The number of aryl methyl sites for hydroxylation is 2. The van der Waals surface area contributed by atoms with Crippen molar-refractivity contribution in [3.05, 3.63) is 54.1 Å². The quantitative estimate of drug-likeness (QED) is 0.785. The number of nitrogens with one attached hydrogen (secondary N) is 1. The molecule has 0 unspecified atom stereocenters. The molecule has 3 heterocycles. The maximum absolute atomic E-state index is 5.31. The number of rotatable bonds is 5. The van der Waals surface area contributed by atoms with Gasteiger partial charge in [-0.15, -0.1) is 0 Å². The first kappa shape index (κ1) is 15.0. The number of hydrogen-bond donors (Lipinski definition) is 1. The van der Waals surface area contributed by atoms with Gasteiger partial charge in [0.2, 0.25) is 5.88 Å². The predicted molar refractivity (Wildman–Crippen MR) is 89.3 cm³/mol. The highest BCUT2D eigenvalue weighted by Crippen LogP contribution is 2.25. The summed E-state index contributed by atoms with van der Waals surface area (Å²) < 4.78 is 7.12. The Morgan fingerprint density at radius 1 is 1.26 bits per heavy atom. The van der Waals surface area contributed by atoms with Crippen molar-refractivity contribution in [1.29, 1.82) is 0 Å². The van der Waals surface area contributed by atoms with Gasteiger partial charge in [0.15, 0.2) is 0 Å². The van der Waals surface area contributed by atoms with Gasteiger partial charge in [-0.05, 0) is 30.7 Å². The second-order valence-corrected chi connectivity index (χ2v) is 5.34. The van der Waals surface area contributed by atoms with Crippen LogP contribution in [0.4, 0.5) is 5.69 Å². The smallest absolute Gasteiger partial charge is 0.237 e. The van der Waals surface area contributed by atoms with Gasteiger partial charge in [-0.3, -0.25) is 9.67 Å². The maximum Gasteiger partial charge on any atom is 0.237 e. The molecule has 0 spiro atoms. The first-order chi connectivity index (χ1) is 11.2. The summed E-state index contributed by atoms with van der Waals surface area (Å²) >= 11 is 0. The summed E-state index contributed by atoms with van der Waals surface area (Å²) in [7, 11) is 3.54. The molecule has 0 aliphatic heterocycles. The molecule has 23 heavy (non-hydrogen) atoms. The lowest BCUT2D eigenvalue weighted by molar-refractivity contribution is 0.399. The van der Waals surface area contributed by atoms with Gasteiger partial charge in [0.05, 0.1) is 18.5 Å². The summed E-state index contributed by atoms with van der Waals surface area (Å²) in [6.07, 6.45) is 7.35. The minimum absolute atomic E-state index is 0.588. The number of anilines is 1. The zero-order chi connectivity index (χ0) is 16.2. The van der Waals surface area contributed by atoms with Gasteiger partial charge < -0.3 is 10.1 Å². The van der Waals surface area contributed by atoms with Crippen molar-refractivity contribution in [1.82, 2.24) is 19.7 Å². The van der Waals surface area contributed by atoms with Crippen LogP contribution in [0.1, 0.15) is 11.1 Å². The van der Waals surface area contributed by atoms with Crippen molar-refractivity contribution in [3.8, 4) is 17.1 Å². The molecule has 0 radical (unpaired) electrons. The molecule has 1 N–H and O–H groups in total. The highest BCUT2D eigenvalue weighted by molar-refractivity contribution is 5.63. The van der Waals surface area contributed by atoms with Crippen LogP contribution >= 0.6 is 0 Å². The first-order valence-corrected chi connectivity index (χ1v) is 7.35. The van der Waals surface area contributed by atoms with E-state index in [1.165, 1.54) is 0 Å². The average molecular weight is 309 g/mol. The molecule has 118 valence electrons. The molecule has 0 atom stereocenters. The molecule has 6 heteroatoms. The van der Waals surface area contributed by atoms with E-state index < -0.39 is 0 Å². The highest BCUT2D eigenvalue weighted by Gasteiger charge is 2.11. The van der Waals surface area contributed by atoms with Crippen LogP contribution in [0.15, 0.2) is 43.0 Å². The fourth-order valence-corrected chi connectivity index (χ4v) is 2.46. The van der Waals surface area contributed by atoms with Gasteiger partial charge in [-0.25, -0.2) is 4.98 Å². The van der Waals surface area contributed by atoms with Crippen LogP contribution in [0.2, 0.25) is 0 Å². The Kier molecular flexibility index (Phi) is 4.23. The molecule has 3 aromatic heterocycles. The molecule has 0 aliphatic rings. The Hall–Kier alpha value is -2.89. The Bertz CT molecular complexity index is 798. The lowest BCUT2D eigenvalue weighted by Crippen LogP contribution is -2.03. The van der Waals surface area contributed by atoms with Gasteiger partial charge >= 0.3 is 0 Å². The zero-order valence-corrected chi connectivity index (χ0v) is 13.4. The van der Waals surface area contributed by atoms with Gasteiger partial charge in [0, 0.05) is 49.5 Å². The summed E-state index contributed by atoms with van der Waals surface area (Å²) in [5.74, 6) is 0.588. The molecule has 0 amide bonds. The average Bonchev–Trinajstić information content (AvgIpc) is 2.95. The third-order valence-corrected chi connectivity index (χ3v) is 3.51. The van der Waals surface area contributed by atoms with E-state index in [0.717, 1.165) is 28.1 Å². The molecule has 0 fully saturated rings. The van der Waals surface area contributed by atoms with Crippen LogP contribution < -0.4 is 10.1 Å². The van der Waals surface area contributed by atoms with Crippen LogP contribution in [0, 0.1) is 6.92 Å². The number of aromatic nitrogens is 4. The minimum Gasteiger partial charge on any atom is -0.480 e. The number of ether oxygens (including phenoxy) is 1. The van der Waals surface area contributed by atoms with E-state index in [1.54, 1.807) is 25.7 Å². The number of methoxy groups -OCH3 is 1. The fraction of sp³-hybridized carbons (Fsp3) is 0.235. The fourth-order valence-electron chi connectivity index (χ4n) is 2.46. The molecule has 0 aromatic carbocycles. The van der Waals surface area contributed by atoms with Crippen LogP contribution in [0.3, 0.4) is 0 Å². The van der Waals surface area contributed by atoms with Crippen molar-refractivity contribution in [3.63, 3.8) is 0 Å². The lowest BCUT2D eigenvalue weighted by atomic mass is 10.1. The Labute approximate surface area is 135 Å². The lowest BCUT2D eigenvalue weighted by Gasteiger charge is -2.11. The third kappa shape index (κ3) is 3.31. The van der Waals surface area contributed by atoms with E-state index in [-0.39, 0.29) is 0 Å². The van der Waals surface area contributed by atoms with Gasteiger partial charge in [0.1, 0.15) is 0 Å². The molecule has 3 rings (SSSR count). The summed E-state index contributed by atoms with van der Waals surface area (Å²) in [4.78, 5) is 8.34. The molecule has 3 aromatic rings.